The van der Waals surface area contributed by atoms with Crippen LogP contribution in [0.25, 0.3) is 27.8 Å². The monoisotopic (exact) mass is 365 g/mol. The van der Waals surface area contributed by atoms with Crippen LogP contribution in [-0.2, 0) is 0 Å². The molecule has 0 aliphatic carbocycles. The number of halogens is 1. The number of thioether (sulfide) groups is 1. The van der Waals surface area contributed by atoms with Gasteiger partial charge >= 0.3 is 0 Å². The third-order valence-electron chi connectivity index (χ3n) is 4.26. The van der Waals surface area contributed by atoms with Crippen molar-refractivity contribution in [1.82, 2.24) is 14.5 Å². The lowest BCUT2D eigenvalue weighted by atomic mass is 10.1. The summed E-state index contributed by atoms with van der Waals surface area (Å²) in [5.74, 6) is 0. The fraction of sp³-hybridized carbons (Fsp3) is 0.100. The van der Waals surface area contributed by atoms with Gasteiger partial charge in [-0.3, -0.25) is 0 Å². The van der Waals surface area contributed by atoms with Crippen molar-refractivity contribution >= 4 is 34.4 Å². The Hall–Kier alpha value is -2.30. The summed E-state index contributed by atoms with van der Waals surface area (Å²) in [7, 11) is 0. The Morgan fingerprint density at radius 2 is 1.84 bits per heavy atom. The van der Waals surface area contributed by atoms with E-state index in [1.807, 2.05) is 43.5 Å². The molecule has 0 atom stereocenters. The molecule has 0 amide bonds. The molecule has 0 aliphatic heterocycles. The number of hydrogen-bond donors (Lipinski definition) is 0. The van der Waals surface area contributed by atoms with Gasteiger partial charge < -0.3 is 4.57 Å². The number of nitrogens with zero attached hydrogens (tertiary/aromatic N) is 3. The summed E-state index contributed by atoms with van der Waals surface area (Å²) in [5, 5.41) is 2.79. The highest BCUT2D eigenvalue weighted by Crippen LogP contribution is 2.36. The molecule has 5 heteroatoms. The summed E-state index contributed by atoms with van der Waals surface area (Å²) in [4.78, 5) is 9.02. The fourth-order valence-corrected chi connectivity index (χ4v) is 3.69. The lowest BCUT2D eigenvalue weighted by Crippen LogP contribution is -1.95. The maximum atomic E-state index is 6.35. The molecule has 0 unspecified atom stereocenters. The highest BCUT2D eigenvalue weighted by molar-refractivity contribution is 7.98. The van der Waals surface area contributed by atoms with Crippen LogP contribution in [0.15, 0.2) is 66.1 Å². The van der Waals surface area contributed by atoms with E-state index < -0.39 is 0 Å². The molecule has 0 saturated heterocycles. The van der Waals surface area contributed by atoms with Crippen LogP contribution in [0, 0.1) is 6.92 Å². The first-order valence-corrected chi connectivity index (χ1v) is 9.51. The zero-order chi connectivity index (χ0) is 17.4. The molecule has 0 spiro atoms. The second-order valence-corrected chi connectivity index (χ2v) is 7.00. The first kappa shape index (κ1) is 16.2. The number of aryl methyl sites for hydroxylation is 1. The lowest BCUT2D eigenvalue weighted by molar-refractivity contribution is 1.04. The van der Waals surface area contributed by atoms with E-state index in [1.54, 1.807) is 18.1 Å². The Kier molecular flexibility index (Phi) is 4.24. The Morgan fingerprint density at radius 1 is 1.04 bits per heavy atom. The second-order valence-electron chi connectivity index (χ2n) is 5.79. The van der Waals surface area contributed by atoms with Crippen molar-refractivity contribution in [3.8, 4) is 16.8 Å². The summed E-state index contributed by atoms with van der Waals surface area (Å²) < 4.78 is 2.09. The molecule has 3 nitrogen and oxygen atoms in total. The van der Waals surface area contributed by atoms with Crippen LogP contribution in [0.5, 0.6) is 0 Å². The van der Waals surface area contributed by atoms with Gasteiger partial charge in [-0.25, -0.2) is 9.97 Å². The van der Waals surface area contributed by atoms with E-state index >= 15 is 0 Å². The minimum Gasteiger partial charge on any atom is -0.301 e. The van der Waals surface area contributed by atoms with E-state index in [9.17, 15) is 0 Å². The van der Waals surface area contributed by atoms with E-state index in [4.69, 9.17) is 11.6 Å². The maximum Gasteiger partial charge on any atom is 0.149 e. The molecule has 2 heterocycles. The van der Waals surface area contributed by atoms with E-state index in [0.29, 0.717) is 0 Å². The molecule has 4 aromatic rings. The highest BCUT2D eigenvalue weighted by Gasteiger charge is 2.17. The van der Waals surface area contributed by atoms with E-state index in [2.05, 4.69) is 38.9 Å². The average molecular weight is 366 g/mol. The quantitative estimate of drug-likeness (QED) is 0.341. The summed E-state index contributed by atoms with van der Waals surface area (Å²) >= 11 is 7.98. The van der Waals surface area contributed by atoms with E-state index in [0.717, 1.165) is 43.5 Å². The number of hydrogen-bond acceptors (Lipinski definition) is 3. The molecule has 0 radical (unpaired) electrons. The molecule has 4 rings (SSSR count). The first-order chi connectivity index (χ1) is 12.2. The van der Waals surface area contributed by atoms with Gasteiger partial charge in [-0.1, -0.05) is 48.0 Å². The Bertz CT molecular complexity index is 1060. The zero-order valence-electron chi connectivity index (χ0n) is 13.9. The molecule has 2 aromatic heterocycles. The second kappa shape index (κ2) is 6.54. The standard InChI is InChI=1S/C20H16ClN3S/c1-13-8-9-15(10-17(13)21)24-11-16(14-6-4-3-5-7-14)18-19(24)22-12-23-20(18)25-2/h3-12H,1-2H3. The van der Waals surface area contributed by atoms with Crippen LogP contribution >= 0.6 is 23.4 Å². The van der Waals surface area contributed by atoms with Gasteiger partial charge in [-0.05, 0) is 36.4 Å². The fourth-order valence-electron chi connectivity index (χ4n) is 2.95. The molecule has 0 fully saturated rings. The predicted octanol–water partition coefficient (Wildman–Crippen LogP) is 5.77. The third-order valence-corrected chi connectivity index (χ3v) is 5.36. The van der Waals surface area contributed by atoms with Crippen molar-refractivity contribution < 1.29 is 0 Å². The van der Waals surface area contributed by atoms with Crippen LogP contribution in [0.4, 0.5) is 0 Å². The molecular formula is C20H16ClN3S. The zero-order valence-corrected chi connectivity index (χ0v) is 15.5. The van der Waals surface area contributed by atoms with Gasteiger partial charge in [0.25, 0.3) is 0 Å². The minimum atomic E-state index is 0.750. The normalized spacial score (nSPS) is 11.2. The van der Waals surface area contributed by atoms with Gasteiger partial charge in [0.2, 0.25) is 0 Å². The Morgan fingerprint density at radius 3 is 2.56 bits per heavy atom. The minimum absolute atomic E-state index is 0.750. The molecule has 0 saturated carbocycles. The smallest absolute Gasteiger partial charge is 0.149 e. The molecule has 2 aromatic carbocycles. The van der Waals surface area contributed by atoms with Gasteiger partial charge in [0.1, 0.15) is 17.0 Å². The summed E-state index contributed by atoms with van der Waals surface area (Å²) in [6.45, 7) is 2.00. The SMILES string of the molecule is CSc1ncnc2c1c(-c1ccccc1)cn2-c1ccc(C)c(Cl)c1. The van der Waals surface area contributed by atoms with Gasteiger partial charge in [-0.2, -0.15) is 0 Å². The summed E-state index contributed by atoms with van der Waals surface area (Å²) in [6, 6.07) is 16.4. The van der Waals surface area contributed by atoms with Gasteiger partial charge in [0.05, 0.1) is 5.39 Å². The Balaban J connectivity index is 2.05. The van der Waals surface area contributed by atoms with Crippen LogP contribution in [-0.4, -0.2) is 20.8 Å². The van der Waals surface area contributed by atoms with Crippen LogP contribution in [0.2, 0.25) is 5.02 Å². The largest absolute Gasteiger partial charge is 0.301 e. The van der Waals surface area contributed by atoms with Crippen molar-refractivity contribution in [2.45, 2.75) is 11.9 Å². The summed E-state index contributed by atoms with van der Waals surface area (Å²) in [5.41, 5.74) is 5.21. The van der Waals surface area contributed by atoms with Crippen molar-refractivity contribution in [3.63, 3.8) is 0 Å². The van der Waals surface area contributed by atoms with Crippen molar-refractivity contribution in [3.05, 3.63) is 71.6 Å². The van der Waals surface area contributed by atoms with Gasteiger partial charge in [-0.15, -0.1) is 11.8 Å². The molecule has 0 aliphatic rings. The van der Waals surface area contributed by atoms with Gasteiger partial charge in [0, 0.05) is 22.5 Å². The molecule has 124 valence electrons. The van der Waals surface area contributed by atoms with Crippen LogP contribution < -0.4 is 0 Å². The topological polar surface area (TPSA) is 30.7 Å². The van der Waals surface area contributed by atoms with E-state index in [1.165, 1.54) is 0 Å². The van der Waals surface area contributed by atoms with Crippen LogP contribution in [0.3, 0.4) is 0 Å². The number of fused-ring (bicyclic) bond motifs is 1. The molecule has 25 heavy (non-hydrogen) atoms. The number of aromatic nitrogens is 3. The van der Waals surface area contributed by atoms with Crippen molar-refractivity contribution in [1.29, 1.82) is 0 Å². The maximum absolute atomic E-state index is 6.35. The molecule has 0 bridgehead atoms. The van der Waals surface area contributed by atoms with Crippen molar-refractivity contribution in [2.24, 2.45) is 0 Å². The lowest BCUT2D eigenvalue weighted by Gasteiger charge is -2.07. The van der Waals surface area contributed by atoms with Crippen LogP contribution in [0.1, 0.15) is 5.56 Å². The molecular weight excluding hydrogens is 350 g/mol. The first-order valence-electron chi connectivity index (χ1n) is 7.91. The molecule has 0 N–H and O–H groups in total. The number of benzene rings is 2. The third kappa shape index (κ3) is 2.81. The highest BCUT2D eigenvalue weighted by atomic mass is 35.5. The average Bonchev–Trinajstić information content (AvgIpc) is 3.04. The predicted molar refractivity (Wildman–Crippen MR) is 106 cm³/mol. The summed E-state index contributed by atoms with van der Waals surface area (Å²) in [6.07, 6.45) is 5.78. The van der Waals surface area contributed by atoms with Crippen molar-refractivity contribution in [2.75, 3.05) is 6.26 Å². The Labute approximate surface area is 155 Å². The van der Waals surface area contributed by atoms with E-state index in [-0.39, 0.29) is 0 Å². The van der Waals surface area contributed by atoms with Gasteiger partial charge in [0.15, 0.2) is 0 Å². The number of rotatable bonds is 3.